The van der Waals surface area contributed by atoms with Gasteiger partial charge in [0.15, 0.2) is 14.9 Å². The number of thiocarbonyl (C=S) groups is 1. The fourth-order valence-corrected chi connectivity index (χ4v) is 3.08. The molecule has 0 aliphatic rings. The second kappa shape index (κ2) is 9.66. The number of benzene rings is 2. The lowest BCUT2D eigenvalue weighted by atomic mass is 10.1. The van der Waals surface area contributed by atoms with Crippen molar-refractivity contribution in [3.8, 4) is 5.75 Å². The largest absolute Gasteiger partial charge is 0.494 e. The summed E-state index contributed by atoms with van der Waals surface area (Å²) >= 11 is 5.14. The normalized spacial score (nSPS) is 11.1. The van der Waals surface area contributed by atoms with Crippen LogP contribution in [0.5, 0.6) is 5.75 Å². The van der Waals surface area contributed by atoms with Crippen LogP contribution in [0.15, 0.2) is 53.4 Å². The molecule has 0 aliphatic heterocycles. The van der Waals surface area contributed by atoms with Gasteiger partial charge in [0, 0.05) is 17.5 Å². The number of amides is 1. The molecule has 2 rings (SSSR count). The van der Waals surface area contributed by atoms with E-state index in [0.29, 0.717) is 29.5 Å². The Bertz CT molecular complexity index is 922. The molecular formula is C20H24N2O4S2. The van der Waals surface area contributed by atoms with E-state index in [2.05, 4.69) is 24.5 Å². The molecular weight excluding hydrogens is 396 g/mol. The number of hydrogen-bond acceptors (Lipinski definition) is 5. The number of carbonyl (C=O) groups excluding carboxylic acids is 1. The fourth-order valence-electron chi connectivity index (χ4n) is 2.24. The third-order valence-electron chi connectivity index (χ3n) is 3.85. The minimum Gasteiger partial charge on any atom is -0.494 e. The molecule has 0 heterocycles. The zero-order chi connectivity index (χ0) is 20.7. The van der Waals surface area contributed by atoms with Crippen LogP contribution in [0, 0.1) is 5.92 Å². The average molecular weight is 421 g/mol. The molecule has 8 heteroatoms. The first-order chi connectivity index (χ1) is 13.1. The predicted octanol–water partition coefficient (Wildman–Crippen LogP) is 3.64. The van der Waals surface area contributed by atoms with Crippen molar-refractivity contribution in [3.63, 3.8) is 0 Å². The van der Waals surface area contributed by atoms with Gasteiger partial charge in [-0.05, 0) is 73.1 Å². The summed E-state index contributed by atoms with van der Waals surface area (Å²) in [5, 5.41) is 5.56. The minimum absolute atomic E-state index is 0.120. The van der Waals surface area contributed by atoms with Crippen molar-refractivity contribution in [1.29, 1.82) is 0 Å². The third-order valence-corrected chi connectivity index (χ3v) is 5.18. The van der Waals surface area contributed by atoms with Crippen LogP contribution < -0.4 is 15.4 Å². The van der Waals surface area contributed by atoms with Crippen LogP contribution >= 0.6 is 12.2 Å². The average Bonchev–Trinajstić information content (AvgIpc) is 2.61. The van der Waals surface area contributed by atoms with Gasteiger partial charge in [-0.2, -0.15) is 0 Å². The second-order valence-corrected chi connectivity index (χ2v) is 9.18. The maximum atomic E-state index is 12.3. The van der Waals surface area contributed by atoms with Crippen molar-refractivity contribution in [2.75, 3.05) is 18.2 Å². The molecule has 0 saturated heterocycles. The van der Waals surface area contributed by atoms with Crippen LogP contribution in [0.2, 0.25) is 0 Å². The van der Waals surface area contributed by atoms with Gasteiger partial charge in [0.1, 0.15) is 5.75 Å². The zero-order valence-corrected chi connectivity index (χ0v) is 17.7. The smallest absolute Gasteiger partial charge is 0.257 e. The Morgan fingerprint density at radius 3 is 2.21 bits per heavy atom. The van der Waals surface area contributed by atoms with Crippen LogP contribution in [0.25, 0.3) is 0 Å². The first kappa shape index (κ1) is 21.8. The number of hydrogen-bond donors (Lipinski definition) is 2. The van der Waals surface area contributed by atoms with Crippen molar-refractivity contribution in [2.45, 2.75) is 25.2 Å². The summed E-state index contributed by atoms with van der Waals surface area (Å²) in [5.41, 5.74) is 1.03. The summed E-state index contributed by atoms with van der Waals surface area (Å²) in [7, 11) is -3.26. The highest BCUT2D eigenvalue weighted by Gasteiger charge is 2.10. The highest BCUT2D eigenvalue weighted by molar-refractivity contribution is 7.90. The van der Waals surface area contributed by atoms with Crippen LogP contribution in [0.1, 0.15) is 30.6 Å². The minimum atomic E-state index is -3.26. The Hall–Kier alpha value is -2.45. The summed E-state index contributed by atoms with van der Waals surface area (Å²) in [4.78, 5) is 12.5. The van der Waals surface area contributed by atoms with Crippen molar-refractivity contribution >= 4 is 38.8 Å². The van der Waals surface area contributed by atoms with E-state index in [-0.39, 0.29) is 15.9 Å². The van der Waals surface area contributed by atoms with E-state index in [9.17, 15) is 13.2 Å². The number of ether oxygens (including phenoxy) is 1. The second-order valence-electron chi connectivity index (χ2n) is 6.76. The molecule has 0 spiro atoms. The van der Waals surface area contributed by atoms with Gasteiger partial charge in [-0.1, -0.05) is 13.8 Å². The molecule has 0 saturated carbocycles. The van der Waals surface area contributed by atoms with E-state index in [4.69, 9.17) is 17.0 Å². The number of sulfone groups is 1. The fraction of sp³-hybridized carbons (Fsp3) is 0.300. The summed E-state index contributed by atoms with van der Waals surface area (Å²) in [6, 6.07) is 12.9. The van der Waals surface area contributed by atoms with Gasteiger partial charge in [0.05, 0.1) is 11.5 Å². The number of anilines is 1. The standard InChI is InChI=1S/C20H24N2O4S2/c1-14(2)12-13-26-17-8-4-15(5-9-17)19(23)22-20(27)21-16-6-10-18(11-7-16)28(3,24)25/h4-11,14H,12-13H2,1-3H3,(H2,21,22,23,27). The molecule has 0 unspecified atom stereocenters. The number of nitrogens with one attached hydrogen (secondary N) is 2. The van der Waals surface area contributed by atoms with Gasteiger partial charge in [-0.25, -0.2) is 8.42 Å². The molecule has 0 atom stereocenters. The molecule has 2 N–H and O–H groups in total. The molecule has 2 aromatic rings. The quantitative estimate of drug-likeness (QED) is 0.665. The van der Waals surface area contributed by atoms with Gasteiger partial charge >= 0.3 is 0 Å². The lowest BCUT2D eigenvalue weighted by Crippen LogP contribution is -2.34. The van der Waals surface area contributed by atoms with Crippen LogP contribution in [0.4, 0.5) is 5.69 Å². The Balaban J connectivity index is 1.88. The lowest BCUT2D eigenvalue weighted by Gasteiger charge is -2.11. The van der Waals surface area contributed by atoms with E-state index in [1.165, 1.54) is 12.1 Å². The van der Waals surface area contributed by atoms with Gasteiger partial charge in [0.25, 0.3) is 5.91 Å². The number of rotatable bonds is 7. The monoisotopic (exact) mass is 420 g/mol. The molecule has 1 amide bonds. The van der Waals surface area contributed by atoms with E-state index < -0.39 is 9.84 Å². The highest BCUT2D eigenvalue weighted by Crippen LogP contribution is 2.15. The van der Waals surface area contributed by atoms with E-state index >= 15 is 0 Å². The maximum absolute atomic E-state index is 12.3. The van der Waals surface area contributed by atoms with Crippen molar-refractivity contribution in [3.05, 3.63) is 54.1 Å². The molecule has 0 bridgehead atoms. The van der Waals surface area contributed by atoms with Crippen LogP contribution in [-0.2, 0) is 9.84 Å². The van der Waals surface area contributed by atoms with Gasteiger partial charge in [-0.15, -0.1) is 0 Å². The van der Waals surface area contributed by atoms with Crippen LogP contribution in [0.3, 0.4) is 0 Å². The Labute approximate surface area is 171 Å². The SMILES string of the molecule is CC(C)CCOc1ccc(C(=O)NC(=S)Nc2ccc(S(C)(=O)=O)cc2)cc1. The molecule has 0 aliphatic carbocycles. The van der Waals surface area contributed by atoms with Gasteiger partial charge in [-0.3, -0.25) is 10.1 Å². The topological polar surface area (TPSA) is 84.5 Å². The lowest BCUT2D eigenvalue weighted by molar-refractivity contribution is 0.0977. The predicted molar refractivity (Wildman–Crippen MR) is 115 cm³/mol. The Kier molecular flexibility index (Phi) is 7.53. The van der Waals surface area contributed by atoms with Gasteiger partial charge < -0.3 is 10.1 Å². The molecule has 0 fully saturated rings. The van der Waals surface area contributed by atoms with Crippen molar-refractivity contribution < 1.29 is 17.9 Å². The first-order valence-corrected chi connectivity index (χ1v) is 11.1. The molecule has 2 aromatic carbocycles. The third kappa shape index (κ3) is 6.94. The van der Waals surface area contributed by atoms with Crippen LogP contribution in [-0.4, -0.2) is 32.3 Å². The number of carbonyl (C=O) groups is 1. The molecule has 0 radical (unpaired) electrons. The Morgan fingerprint density at radius 1 is 1.07 bits per heavy atom. The van der Waals surface area contributed by atoms with E-state index in [0.717, 1.165) is 12.7 Å². The molecule has 28 heavy (non-hydrogen) atoms. The molecule has 0 aromatic heterocycles. The van der Waals surface area contributed by atoms with Crippen molar-refractivity contribution in [1.82, 2.24) is 5.32 Å². The van der Waals surface area contributed by atoms with E-state index in [1.54, 1.807) is 36.4 Å². The van der Waals surface area contributed by atoms with Gasteiger partial charge in [0.2, 0.25) is 0 Å². The summed E-state index contributed by atoms with van der Waals surface area (Å²) in [6.45, 7) is 4.90. The van der Waals surface area contributed by atoms with E-state index in [1.807, 2.05) is 0 Å². The summed E-state index contributed by atoms with van der Waals surface area (Å²) < 4.78 is 28.6. The van der Waals surface area contributed by atoms with Crippen molar-refractivity contribution in [2.24, 2.45) is 5.92 Å². The summed E-state index contributed by atoms with van der Waals surface area (Å²) in [5.74, 6) is 0.934. The zero-order valence-electron chi connectivity index (χ0n) is 16.1. The molecule has 150 valence electrons. The summed E-state index contributed by atoms with van der Waals surface area (Å²) in [6.07, 6.45) is 2.11. The first-order valence-electron chi connectivity index (χ1n) is 8.80. The molecule has 6 nitrogen and oxygen atoms in total. The highest BCUT2D eigenvalue weighted by atomic mass is 32.2. The Morgan fingerprint density at radius 2 is 1.68 bits per heavy atom. The maximum Gasteiger partial charge on any atom is 0.257 e.